The summed E-state index contributed by atoms with van der Waals surface area (Å²) in [5.74, 6) is 0.629. The van der Waals surface area contributed by atoms with Gasteiger partial charge < -0.3 is 10.6 Å². The first kappa shape index (κ1) is 15.8. The van der Waals surface area contributed by atoms with Gasteiger partial charge in [-0.05, 0) is 30.2 Å². The lowest BCUT2D eigenvalue weighted by atomic mass is 10.2. The van der Waals surface area contributed by atoms with Crippen molar-refractivity contribution in [1.29, 1.82) is 0 Å². The van der Waals surface area contributed by atoms with Crippen LogP contribution in [0.4, 0.5) is 23.0 Å². The van der Waals surface area contributed by atoms with E-state index in [0.717, 1.165) is 18.7 Å². The Kier molecular flexibility index (Phi) is 4.06. The molecule has 4 rings (SSSR count). The Balaban J connectivity index is 1.55. The second kappa shape index (κ2) is 6.67. The molecule has 0 saturated heterocycles. The van der Waals surface area contributed by atoms with Gasteiger partial charge in [0.2, 0.25) is 0 Å². The fourth-order valence-electron chi connectivity index (χ4n) is 2.94. The van der Waals surface area contributed by atoms with Crippen LogP contribution >= 0.6 is 0 Å². The molecule has 0 bridgehead atoms. The quantitative estimate of drug-likeness (QED) is 0.618. The van der Waals surface area contributed by atoms with Crippen LogP contribution in [0.15, 0.2) is 55.1 Å². The number of nitrogens with zero attached hydrogens (tertiary/aromatic N) is 4. The zero-order chi connectivity index (χ0) is 17.9. The second-order valence-corrected chi connectivity index (χ2v) is 5.81. The van der Waals surface area contributed by atoms with Crippen LogP contribution in [0.3, 0.4) is 0 Å². The van der Waals surface area contributed by atoms with Crippen LogP contribution in [0, 0.1) is 0 Å². The van der Waals surface area contributed by atoms with E-state index in [9.17, 15) is 4.79 Å². The zero-order valence-corrected chi connectivity index (χ0v) is 13.9. The van der Waals surface area contributed by atoms with Gasteiger partial charge in [-0.3, -0.25) is 20.6 Å². The van der Waals surface area contributed by atoms with E-state index < -0.39 is 0 Å². The number of benzene rings is 1. The molecule has 3 aromatic rings. The van der Waals surface area contributed by atoms with E-state index in [0.29, 0.717) is 22.9 Å². The summed E-state index contributed by atoms with van der Waals surface area (Å²) in [5.41, 5.74) is 14.7. The summed E-state index contributed by atoms with van der Waals surface area (Å²) in [6.45, 7) is 0.794. The lowest BCUT2D eigenvalue weighted by molar-refractivity contribution is 0.0962. The van der Waals surface area contributed by atoms with Gasteiger partial charge in [-0.2, -0.15) is 0 Å². The molecule has 0 spiro atoms. The van der Waals surface area contributed by atoms with Crippen LogP contribution in [0.2, 0.25) is 0 Å². The Morgan fingerprint density at radius 2 is 2.04 bits per heavy atom. The number of hydrogen-bond donors (Lipinski definition) is 3. The Morgan fingerprint density at radius 1 is 1.15 bits per heavy atom. The highest BCUT2D eigenvalue weighted by molar-refractivity contribution is 5.95. The maximum absolute atomic E-state index is 12.1. The predicted octanol–water partition coefficient (Wildman–Crippen LogP) is 1.90. The molecule has 1 aromatic carbocycles. The molecule has 8 heteroatoms. The molecular weight excluding hydrogens is 330 g/mol. The van der Waals surface area contributed by atoms with Crippen molar-refractivity contribution in [2.75, 3.05) is 22.6 Å². The molecule has 0 aliphatic carbocycles. The van der Waals surface area contributed by atoms with Crippen molar-refractivity contribution < 1.29 is 4.79 Å². The number of para-hydroxylation sites is 1. The largest absolute Gasteiger partial charge is 0.393 e. The van der Waals surface area contributed by atoms with E-state index in [1.807, 2.05) is 18.2 Å². The van der Waals surface area contributed by atoms with Crippen LogP contribution in [0.25, 0.3) is 0 Å². The maximum Gasteiger partial charge on any atom is 0.271 e. The highest BCUT2D eigenvalue weighted by atomic mass is 16.2. The van der Waals surface area contributed by atoms with E-state index in [4.69, 9.17) is 5.73 Å². The van der Waals surface area contributed by atoms with Crippen molar-refractivity contribution >= 4 is 28.9 Å². The second-order valence-electron chi connectivity index (χ2n) is 5.81. The monoisotopic (exact) mass is 347 g/mol. The van der Waals surface area contributed by atoms with E-state index in [-0.39, 0.29) is 5.91 Å². The summed E-state index contributed by atoms with van der Waals surface area (Å²) in [4.78, 5) is 26.6. The van der Waals surface area contributed by atoms with Crippen molar-refractivity contribution in [3.63, 3.8) is 0 Å². The summed E-state index contributed by atoms with van der Waals surface area (Å²) < 4.78 is 0. The van der Waals surface area contributed by atoms with Crippen molar-refractivity contribution in [1.82, 2.24) is 20.4 Å². The molecule has 1 aliphatic rings. The number of nitrogen functional groups attached to an aromatic ring is 1. The number of amides is 1. The normalized spacial score (nSPS) is 12.5. The Labute approximate surface area is 150 Å². The first-order valence-electron chi connectivity index (χ1n) is 8.16. The number of carbonyl (C=O) groups is 1. The number of pyridine rings is 1. The third-order valence-corrected chi connectivity index (χ3v) is 4.22. The van der Waals surface area contributed by atoms with Crippen LogP contribution in [0.5, 0.6) is 0 Å². The minimum Gasteiger partial charge on any atom is -0.393 e. The van der Waals surface area contributed by atoms with Crippen molar-refractivity contribution in [3.05, 3.63) is 66.2 Å². The molecule has 1 aliphatic heterocycles. The van der Waals surface area contributed by atoms with Crippen molar-refractivity contribution in [2.45, 2.75) is 6.42 Å². The standard InChI is InChI=1S/C18H17N7O/c19-15-16(23-24-18(26)13-5-3-8-20-10-13)21-11-22-17(15)25-9-7-12-4-1-2-6-14(12)25/h1-6,8,10-11H,7,9,19H2,(H,24,26)(H,21,22,23). The van der Waals surface area contributed by atoms with Gasteiger partial charge in [0, 0.05) is 24.6 Å². The van der Waals surface area contributed by atoms with Crippen LogP contribution in [-0.4, -0.2) is 27.4 Å². The molecule has 0 radical (unpaired) electrons. The summed E-state index contributed by atoms with van der Waals surface area (Å²) in [5, 5.41) is 0. The third-order valence-electron chi connectivity index (χ3n) is 4.22. The number of hydrazine groups is 1. The van der Waals surface area contributed by atoms with Gasteiger partial charge in [0.1, 0.15) is 12.0 Å². The Morgan fingerprint density at radius 3 is 2.88 bits per heavy atom. The lowest BCUT2D eigenvalue weighted by Crippen LogP contribution is -2.30. The van der Waals surface area contributed by atoms with Crippen LogP contribution < -0.4 is 21.5 Å². The molecule has 0 saturated carbocycles. The van der Waals surface area contributed by atoms with Gasteiger partial charge in [0.05, 0.1) is 5.56 Å². The number of nitrogens with two attached hydrogens (primary N) is 1. The van der Waals surface area contributed by atoms with E-state index in [1.54, 1.807) is 18.3 Å². The molecule has 1 amide bonds. The average Bonchev–Trinajstić information content (AvgIpc) is 3.11. The first-order valence-corrected chi connectivity index (χ1v) is 8.16. The summed E-state index contributed by atoms with van der Waals surface area (Å²) in [6, 6.07) is 11.5. The zero-order valence-electron chi connectivity index (χ0n) is 13.9. The molecule has 0 atom stereocenters. The van der Waals surface area contributed by atoms with Crippen molar-refractivity contribution in [2.24, 2.45) is 0 Å². The molecule has 8 nitrogen and oxygen atoms in total. The minimum absolute atomic E-state index is 0.329. The molecular formula is C18H17N7O. The number of nitrogens with one attached hydrogen (secondary N) is 2. The van der Waals surface area contributed by atoms with E-state index >= 15 is 0 Å². The molecule has 0 unspecified atom stereocenters. The topological polar surface area (TPSA) is 109 Å². The number of hydrogen-bond acceptors (Lipinski definition) is 7. The number of aromatic nitrogens is 3. The minimum atomic E-state index is -0.329. The first-order chi connectivity index (χ1) is 12.7. The molecule has 4 N–H and O–H groups in total. The van der Waals surface area contributed by atoms with Gasteiger partial charge in [-0.1, -0.05) is 18.2 Å². The predicted molar refractivity (Wildman–Crippen MR) is 98.9 cm³/mol. The summed E-state index contributed by atoms with van der Waals surface area (Å²) >= 11 is 0. The fraction of sp³-hybridized carbons (Fsp3) is 0.111. The van der Waals surface area contributed by atoms with Gasteiger partial charge in [-0.15, -0.1) is 0 Å². The Bertz CT molecular complexity index is 945. The molecule has 2 aromatic heterocycles. The SMILES string of the molecule is Nc1c(NNC(=O)c2cccnc2)ncnc1N1CCc2ccccc21. The summed E-state index contributed by atoms with van der Waals surface area (Å²) in [6.07, 6.45) is 5.44. The van der Waals surface area contributed by atoms with Crippen LogP contribution in [-0.2, 0) is 6.42 Å². The molecule has 0 fully saturated rings. The number of fused-ring (bicyclic) bond motifs is 1. The third kappa shape index (κ3) is 2.88. The number of rotatable bonds is 4. The molecule has 130 valence electrons. The maximum atomic E-state index is 12.1. The van der Waals surface area contributed by atoms with Gasteiger partial charge in [0.15, 0.2) is 11.6 Å². The lowest BCUT2D eigenvalue weighted by Gasteiger charge is -2.21. The fourth-order valence-corrected chi connectivity index (χ4v) is 2.94. The highest BCUT2D eigenvalue weighted by Gasteiger charge is 2.24. The van der Waals surface area contributed by atoms with Gasteiger partial charge >= 0.3 is 0 Å². The molecule has 26 heavy (non-hydrogen) atoms. The van der Waals surface area contributed by atoms with E-state index in [1.165, 1.54) is 18.1 Å². The highest BCUT2D eigenvalue weighted by Crippen LogP contribution is 2.37. The van der Waals surface area contributed by atoms with E-state index in [2.05, 4.69) is 36.8 Å². The smallest absolute Gasteiger partial charge is 0.271 e. The van der Waals surface area contributed by atoms with Crippen LogP contribution in [0.1, 0.15) is 15.9 Å². The number of anilines is 4. The van der Waals surface area contributed by atoms with Gasteiger partial charge in [-0.25, -0.2) is 9.97 Å². The van der Waals surface area contributed by atoms with Crippen molar-refractivity contribution in [3.8, 4) is 0 Å². The van der Waals surface area contributed by atoms with Gasteiger partial charge in [0.25, 0.3) is 5.91 Å². The number of carbonyl (C=O) groups excluding carboxylic acids is 1. The Hall–Kier alpha value is -3.68. The average molecular weight is 347 g/mol. The summed E-state index contributed by atoms with van der Waals surface area (Å²) in [7, 11) is 0. The molecule has 3 heterocycles.